The normalized spacial score (nSPS) is 11.8. The number of nitrogens with zero attached hydrogens (tertiary/aromatic N) is 4. The van der Waals surface area contributed by atoms with Gasteiger partial charge in [0.2, 0.25) is 5.69 Å². The Morgan fingerprint density at radius 3 is 2.95 bits per heavy atom. The third kappa shape index (κ3) is 3.42. The molecule has 0 saturated heterocycles. The van der Waals surface area contributed by atoms with Crippen LogP contribution < -0.4 is 5.11 Å². The Labute approximate surface area is 118 Å². The van der Waals surface area contributed by atoms with Gasteiger partial charge in [-0.15, -0.1) is 10.2 Å². The zero-order chi connectivity index (χ0) is 13.8. The van der Waals surface area contributed by atoms with Crippen molar-refractivity contribution in [3.63, 3.8) is 0 Å². The van der Waals surface area contributed by atoms with Gasteiger partial charge in [0.15, 0.2) is 11.4 Å². The summed E-state index contributed by atoms with van der Waals surface area (Å²) in [6, 6.07) is 4.12. The third-order valence-corrected chi connectivity index (χ3v) is 4.01. The van der Waals surface area contributed by atoms with Crippen LogP contribution in [0.25, 0.3) is 0 Å². The number of hydrogen-bond acceptors (Lipinski definition) is 7. The van der Waals surface area contributed by atoms with Crippen LogP contribution in [0.1, 0.15) is 6.92 Å². The van der Waals surface area contributed by atoms with Gasteiger partial charge in [0.05, 0.1) is 0 Å². The van der Waals surface area contributed by atoms with Gasteiger partial charge in [-0.05, 0) is 23.6 Å². The first-order valence-electron chi connectivity index (χ1n) is 5.52. The first-order chi connectivity index (χ1) is 9.10. The maximum Gasteiger partial charge on any atom is 0.296 e. The lowest BCUT2D eigenvalue weighted by atomic mass is 10.3. The fourth-order valence-electron chi connectivity index (χ4n) is 1.38. The van der Waals surface area contributed by atoms with E-state index in [0.29, 0.717) is 10.8 Å². The van der Waals surface area contributed by atoms with Crippen LogP contribution in [0.15, 0.2) is 27.7 Å². The van der Waals surface area contributed by atoms with Crippen LogP contribution in [-0.2, 0) is 0 Å². The molecule has 0 atom stereocenters. The number of aromatic nitrogens is 2. The van der Waals surface area contributed by atoms with E-state index in [1.54, 1.807) is 18.8 Å². The van der Waals surface area contributed by atoms with E-state index in [1.807, 2.05) is 6.92 Å². The van der Waals surface area contributed by atoms with Gasteiger partial charge >= 0.3 is 0 Å². The molecule has 0 spiro atoms. The molecule has 19 heavy (non-hydrogen) atoms. The Kier molecular flexibility index (Phi) is 4.33. The largest absolute Gasteiger partial charge is 0.868 e. The van der Waals surface area contributed by atoms with Crippen LogP contribution in [0, 0.1) is 0 Å². The quantitative estimate of drug-likeness (QED) is 0.532. The molecule has 0 fully saturated rings. The summed E-state index contributed by atoms with van der Waals surface area (Å²) >= 11 is 2.97. The Bertz CT molecular complexity index is 612. The second-order valence-corrected chi connectivity index (χ2v) is 6.03. The SMILES string of the molecule is CCSc1nnc(N=[N+](C)c2ccc(O)cc2[O-])s1. The van der Waals surface area contributed by atoms with Crippen LogP contribution in [0.3, 0.4) is 0 Å². The van der Waals surface area contributed by atoms with Crippen molar-refractivity contribution in [2.45, 2.75) is 11.3 Å². The van der Waals surface area contributed by atoms with E-state index >= 15 is 0 Å². The predicted octanol–water partition coefficient (Wildman–Crippen LogP) is 2.49. The molecule has 0 aliphatic rings. The summed E-state index contributed by atoms with van der Waals surface area (Å²) in [5.41, 5.74) is 0.373. The molecule has 0 saturated carbocycles. The molecule has 100 valence electrons. The maximum absolute atomic E-state index is 11.7. The lowest BCUT2D eigenvalue weighted by molar-refractivity contribution is -0.483. The molecule has 0 bridgehead atoms. The van der Waals surface area contributed by atoms with Crippen molar-refractivity contribution in [3.05, 3.63) is 18.2 Å². The molecule has 2 rings (SSSR count). The van der Waals surface area contributed by atoms with Gasteiger partial charge in [-0.2, -0.15) is 0 Å². The lowest BCUT2D eigenvalue weighted by Crippen LogP contribution is -1.99. The van der Waals surface area contributed by atoms with E-state index in [-0.39, 0.29) is 11.5 Å². The van der Waals surface area contributed by atoms with E-state index < -0.39 is 0 Å². The highest BCUT2D eigenvalue weighted by Crippen LogP contribution is 2.30. The zero-order valence-corrected chi connectivity index (χ0v) is 12.0. The summed E-state index contributed by atoms with van der Waals surface area (Å²) in [5.74, 6) is 0.575. The van der Waals surface area contributed by atoms with Gasteiger partial charge in [-0.1, -0.05) is 34.7 Å². The number of benzene rings is 1. The minimum atomic E-state index is -0.293. The molecule has 2 aromatic rings. The van der Waals surface area contributed by atoms with Crippen LogP contribution in [-0.4, -0.2) is 32.8 Å². The molecule has 1 aromatic carbocycles. The fourth-order valence-corrected chi connectivity index (χ4v) is 3.02. The van der Waals surface area contributed by atoms with E-state index in [2.05, 4.69) is 15.3 Å². The Morgan fingerprint density at radius 2 is 2.26 bits per heavy atom. The number of hydrogen-bond donors (Lipinski definition) is 1. The smallest absolute Gasteiger partial charge is 0.296 e. The van der Waals surface area contributed by atoms with E-state index in [1.165, 1.54) is 28.2 Å². The Balaban J connectivity index is 2.26. The summed E-state index contributed by atoms with van der Waals surface area (Å²) in [6.07, 6.45) is 0. The van der Waals surface area contributed by atoms with Crippen molar-refractivity contribution < 1.29 is 14.9 Å². The zero-order valence-electron chi connectivity index (χ0n) is 10.4. The van der Waals surface area contributed by atoms with E-state index in [4.69, 9.17) is 0 Å². The number of phenols is 1. The monoisotopic (exact) mass is 296 g/mol. The van der Waals surface area contributed by atoms with E-state index in [0.717, 1.165) is 16.2 Å². The maximum atomic E-state index is 11.7. The number of rotatable bonds is 4. The van der Waals surface area contributed by atoms with Crippen molar-refractivity contribution in [1.29, 1.82) is 0 Å². The van der Waals surface area contributed by atoms with Crippen LogP contribution in [0.4, 0.5) is 10.8 Å². The van der Waals surface area contributed by atoms with Crippen molar-refractivity contribution in [2.75, 3.05) is 12.8 Å². The topological polar surface area (TPSA) is 84.4 Å². The van der Waals surface area contributed by atoms with Crippen LogP contribution in [0.5, 0.6) is 11.5 Å². The Morgan fingerprint density at radius 1 is 1.47 bits per heavy atom. The molecule has 1 aromatic heterocycles. The van der Waals surface area contributed by atoms with Crippen LogP contribution >= 0.6 is 23.1 Å². The highest BCUT2D eigenvalue weighted by Gasteiger charge is 2.11. The summed E-state index contributed by atoms with van der Waals surface area (Å²) in [6.45, 7) is 2.04. The molecule has 8 heteroatoms. The summed E-state index contributed by atoms with van der Waals surface area (Å²) < 4.78 is 2.28. The van der Waals surface area contributed by atoms with Gasteiger partial charge in [0.1, 0.15) is 5.75 Å². The minimum absolute atomic E-state index is 0.0558. The molecule has 0 unspecified atom stereocenters. The second kappa shape index (κ2) is 5.98. The van der Waals surface area contributed by atoms with Gasteiger partial charge in [0, 0.05) is 11.2 Å². The van der Waals surface area contributed by atoms with Gasteiger partial charge in [0.25, 0.3) is 5.13 Å². The minimum Gasteiger partial charge on any atom is -0.868 e. The van der Waals surface area contributed by atoms with Crippen molar-refractivity contribution in [3.8, 4) is 11.5 Å². The first kappa shape index (κ1) is 13.8. The van der Waals surface area contributed by atoms with E-state index in [9.17, 15) is 10.2 Å². The molecule has 1 heterocycles. The van der Waals surface area contributed by atoms with Gasteiger partial charge in [-0.3, -0.25) is 0 Å². The number of phenolic OH excluding ortho intramolecular Hbond substituents is 1. The standard InChI is InChI=1S/C11H12N4O2S2/c1-3-18-11-13-12-10(19-11)14-15(2)8-5-4-7(16)6-9(8)17/h4-6H,3H2,1-2H3,(H-,12,14,16,17). The number of azo groups is 2. The lowest BCUT2D eigenvalue weighted by Gasteiger charge is -2.06. The summed E-state index contributed by atoms with van der Waals surface area (Å²) in [7, 11) is 1.65. The van der Waals surface area contributed by atoms with Crippen LogP contribution in [0.2, 0.25) is 0 Å². The second-order valence-electron chi connectivity index (χ2n) is 3.56. The number of aromatic hydroxyl groups is 1. The molecule has 0 aliphatic carbocycles. The first-order valence-corrected chi connectivity index (χ1v) is 7.32. The average molecular weight is 296 g/mol. The predicted molar refractivity (Wildman–Crippen MR) is 71.8 cm³/mol. The average Bonchev–Trinajstić information content (AvgIpc) is 2.76. The summed E-state index contributed by atoms with van der Waals surface area (Å²) in [5, 5.41) is 33.5. The molecular formula is C11H12N4O2S2. The highest BCUT2D eigenvalue weighted by atomic mass is 32.2. The molecule has 0 aliphatic heterocycles. The number of thioether (sulfide) groups is 1. The molecule has 1 N–H and O–H groups in total. The summed E-state index contributed by atoms with van der Waals surface area (Å²) in [4.78, 5) is 0. The molecule has 6 nitrogen and oxygen atoms in total. The highest BCUT2D eigenvalue weighted by molar-refractivity contribution is 8.01. The third-order valence-electron chi connectivity index (χ3n) is 2.19. The van der Waals surface area contributed by atoms with Gasteiger partial charge < -0.3 is 10.2 Å². The van der Waals surface area contributed by atoms with Gasteiger partial charge in [-0.25, -0.2) is 0 Å². The molecule has 0 amide bonds. The fraction of sp³-hybridized carbons (Fsp3) is 0.273. The molecular weight excluding hydrogens is 284 g/mol. The van der Waals surface area contributed by atoms with Crippen molar-refractivity contribution in [1.82, 2.24) is 10.2 Å². The van der Waals surface area contributed by atoms with Crippen molar-refractivity contribution >= 4 is 33.9 Å². The van der Waals surface area contributed by atoms with Crippen molar-refractivity contribution in [2.24, 2.45) is 5.11 Å². The Hall–Kier alpha value is -1.67. The molecule has 0 radical (unpaired) electrons.